The minimum absolute atomic E-state index is 0.00660. The number of carbonyl (C=O) groups is 2. The van der Waals surface area contributed by atoms with Gasteiger partial charge in [0.2, 0.25) is 5.91 Å². The summed E-state index contributed by atoms with van der Waals surface area (Å²) < 4.78 is 23.7. The second-order valence-electron chi connectivity index (χ2n) is 5.37. The lowest BCUT2D eigenvalue weighted by molar-refractivity contribution is -0.121. The van der Waals surface area contributed by atoms with E-state index in [0.29, 0.717) is 12.0 Å². The first-order chi connectivity index (χ1) is 10.4. The summed E-state index contributed by atoms with van der Waals surface area (Å²) >= 11 is 0. The molecule has 1 fully saturated rings. The van der Waals surface area contributed by atoms with E-state index >= 15 is 0 Å². The van der Waals surface area contributed by atoms with Gasteiger partial charge in [0.25, 0.3) is 5.91 Å². The van der Waals surface area contributed by atoms with Crippen LogP contribution in [0, 0.1) is 0 Å². The Labute approximate surface area is 130 Å². The lowest BCUT2D eigenvalue weighted by Gasteiger charge is -2.35. The second-order valence-corrected chi connectivity index (χ2v) is 7.60. The molecule has 1 unspecified atom stereocenters. The summed E-state index contributed by atoms with van der Waals surface area (Å²) in [4.78, 5) is 28.9. The highest BCUT2D eigenvalue weighted by molar-refractivity contribution is 7.91. The van der Waals surface area contributed by atoms with Gasteiger partial charge in [-0.1, -0.05) is 6.92 Å². The van der Waals surface area contributed by atoms with E-state index in [1.165, 1.54) is 11.9 Å². The second kappa shape index (κ2) is 6.51. The molecule has 1 aromatic heterocycles. The van der Waals surface area contributed by atoms with Gasteiger partial charge >= 0.3 is 0 Å². The lowest BCUT2D eigenvalue weighted by Crippen LogP contribution is -2.52. The number of aromatic nitrogens is 1. The fourth-order valence-electron chi connectivity index (χ4n) is 2.69. The van der Waals surface area contributed by atoms with Gasteiger partial charge in [0, 0.05) is 31.9 Å². The number of aromatic amines is 1. The zero-order chi connectivity index (χ0) is 16.3. The van der Waals surface area contributed by atoms with Crippen LogP contribution in [-0.2, 0) is 21.1 Å². The van der Waals surface area contributed by atoms with Gasteiger partial charge < -0.3 is 15.2 Å². The van der Waals surface area contributed by atoms with E-state index in [1.54, 1.807) is 12.3 Å². The maximum atomic E-state index is 12.7. The van der Waals surface area contributed by atoms with Crippen molar-refractivity contribution in [3.05, 3.63) is 23.5 Å². The quantitative estimate of drug-likeness (QED) is 0.810. The zero-order valence-electron chi connectivity index (χ0n) is 12.8. The summed E-state index contributed by atoms with van der Waals surface area (Å²) in [5.74, 6) is -0.723. The Morgan fingerprint density at radius 1 is 1.45 bits per heavy atom. The van der Waals surface area contributed by atoms with Crippen LogP contribution >= 0.6 is 0 Å². The van der Waals surface area contributed by atoms with E-state index in [1.807, 2.05) is 6.92 Å². The number of nitrogens with one attached hydrogen (secondary N) is 2. The van der Waals surface area contributed by atoms with Crippen molar-refractivity contribution >= 4 is 21.7 Å². The first kappa shape index (κ1) is 16.5. The molecule has 2 N–H and O–H groups in total. The predicted octanol–water partition coefficient (Wildman–Crippen LogP) is -0.0476. The van der Waals surface area contributed by atoms with Crippen molar-refractivity contribution in [2.75, 3.05) is 25.1 Å². The normalized spacial score (nSPS) is 20.6. The molecule has 22 heavy (non-hydrogen) atoms. The Bertz CT molecular complexity index is 665. The third-order valence-corrected chi connectivity index (χ3v) is 5.60. The highest BCUT2D eigenvalue weighted by atomic mass is 32.2. The van der Waals surface area contributed by atoms with E-state index < -0.39 is 15.9 Å². The van der Waals surface area contributed by atoms with Crippen LogP contribution in [0.2, 0.25) is 0 Å². The molecule has 0 spiro atoms. The molecule has 0 radical (unpaired) electrons. The Hall–Kier alpha value is -1.83. The number of hydrogen-bond donors (Lipinski definition) is 2. The van der Waals surface area contributed by atoms with Gasteiger partial charge in [0.15, 0.2) is 9.84 Å². The monoisotopic (exact) mass is 327 g/mol. The minimum Gasteiger partial charge on any atom is -0.364 e. The van der Waals surface area contributed by atoms with E-state index in [0.717, 1.165) is 5.69 Å². The van der Waals surface area contributed by atoms with Crippen molar-refractivity contribution in [1.82, 2.24) is 15.2 Å². The molecular formula is C14H21N3O4S. The molecule has 2 rings (SSSR count). The van der Waals surface area contributed by atoms with Crippen LogP contribution < -0.4 is 5.32 Å². The molecule has 2 heterocycles. The van der Waals surface area contributed by atoms with Gasteiger partial charge in [0.05, 0.1) is 23.1 Å². The molecule has 1 atom stereocenters. The summed E-state index contributed by atoms with van der Waals surface area (Å²) in [6.07, 6.45) is 2.37. The smallest absolute Gasteiger partial charge is 0.255 e. The first-order valence-electron chi connectivity index (χ1n) is 7.26. The van der Waals surface area contributed by atoms with E-state index in [9.17, 15) is 18.0 Å². The number of H-pyrrole nitrogens is 1. The summed E-state index contributed by atoms with van der Waals surface area (Å²) in [6.45, 7) is 2.06. The Kier molecular flexibility index (Phi) is 4.90. The summed E-state index contributed by atoms with van der Waals surface area (Å²) in [7, 11) is -1.73. The van der Waals surface area contributed by atoms with Gasteiger partial charge in [-0.25, -0.2) is 8.42 Å². The van der Waals surface area contributed by atoms with Crippen LogP contribution in [0.1, 0.15) is 29.4 Å². The van der Waals surface area contributed by atoms with E-state index in [4.69, 9.17) is 0 Å². The molecule has 122 valence electrons. The molecule has 0 saturated carbocycles. The Morgan fingerprint density at radius 2 is 2.18 bits per heavy atom. The SMILES string of the molecule is CCc1[nH]ccc1C(=O)N1CCS(=O)(=O)CC1CC(=O)NC. The van der Waals surface area contributed by atoms with Crippen molar-refractivity contribution in [1.29, 1.82) is 0 Å². The number of carbonyl (C=O) groups excluding carboxylic acids is 2. The van der Waals surface area contributed by atoms with Gasteiger partial charge in [0.1, 0.15) is 0 Å². The summed E-state index contributed by atoms with van der Waals surface area (Å²) in [5, 5.41) is 2.48. The van der Waals surface area contributed by atoms with Crippen molar-refractivity contribution < 1.29 is 18.0 Å². The zero-order valence-corrected chi connectivity index (χ0v) is 13.6. The van der Waals surface area contributed by atoms with Crippen LogP contribution in [-0.4, -0.2) is 61.3 Å². The molecule has 2 amide bonds. The van der Waals surface area contributed by atoms with E-state index in [-0.39, 0.29) is 36.3 Å². The van der Waals surface area contributed by atoms with Crippen LogP contribution in [0.5, 0.6) is 0 Å². The van der Waals surface area contributed by atoms with Crippen LogP contribution in [0.3, 0.4) is 0 Å². The molecular weight excluding hydrogens is 306 g/mol. The molecule has 1 aliphatic rings. The molecule has 1 aliphatic heterocycles. The third kappa shape index (κ3) is 3.49. The molecule has 0 bridgehead atoms. The highest BCUT2D eigenvalue weighted by Gasteiger charge is 2.36. The predicted molar refractivity (Wildman–Crippen MR) is 82.3 cm³/mol. The maximum absolute atomic E-state index is 12.7. The van der Waals surface area contributed by atoms with Gasteiger partial charge in [-0.05, 0) is 12.5 Å². The van der Waals surface area contributed by atoms with Gasteiger partial charge in [-0.2, -0.15) is 0 Å². The molecule has 0 aliphatic carbocycles. The number of nitrogens with zero attached hydrogens (tertiary/aromatic N) is 1. The highest BCUT2D eigenvalue weighted by Crippen LogP contribution is 2.20. The van der Waals surface area contributed by atoms with Gasteiger partial charge in [-0.15, -0.1) is 0 Å². The molecule has 7 nitrogen and oxygen atoms in total. The fraction of sp³-hybridized carbons (Fsp3) is 0.571. The topological polar surface area (TPSA) is 99.3 Å². The van der Waals surface area contributed by atoms with Crippen LogP contribution in [0.15, 0.2) is 12.3 Å². The molecule has 0 aromatic carbocycles. The number of amides is 2. The van der Waals surface area contributed by atoms with Crippen molar-refractivity contribution in [3.8, 4) is 0 Å². The Balaban J connectivity index is 2.26. The molecule has 1 aromatic rings. The number of hydrogen-bond acceptors (Lipinski definition) is 4. The average molecular weight is 327 g/mol. The summed E-state index contributed by atoms with van der Waals surface area (Å²) in [6, 6.07) is 1.08. The fourth-order valence-corrected chi connectivity index (χ4v) is 4.22. The molecule has 8 heteroatoms. The average Bonchev–Trinajstić information content (AvgIpc) is 2.94. The maximum Gasteiger partial charge on any atom is 0.255 e. The number of sulfone groups is 1. The molecule has 1 saturated heterocycles. The van der Waals surface area contributed by atoms with Crippen molar-refractivity contribution in [3.63, 3.8) is 0 Å². The van der Waals surface area contributed by atoms with E-state index in [2.05, 4.69) is 10.3 Å². The largest absolute Gasteiger partial charge is 0.364 e. The lowest BCUT2D eigenvalue weighted by atomic mass is 10.1. The number of rotatable bonds is 4. The summed E-state index contributed by atoms with van der Waals surface area (Å²) in [5.41, 5.74) is 1.36. The van der Waals surface area contributed by atoms with Crippen LogP contribution in [0.25, 0.3) is 0 Å². The third-order valence-electron chi connectivity index (χ3n) is 3.91. The van der Waals surface area contributed by atoms with Crippen LogP contribution in [0.4, 0.5) is 0 Å². The Morgan fingerprint density at radius 3 is 2.82 bits per heavy atom. The van der Waals surface area contributed by atoms with Crippen molar-refractivity contribution in [2.24, 2.45) is 0 Å². The first-order valence-corrected chi connectivity index (χ1v) is 9.08. The number of aryl methyl sites for hydroxylation is 1. The standard InChI is InChI=1S/C14H21N3O4S/c1-3-12-11(4-5-16-12)14(19)17-6-7-22(20,21)9-10(17)8-13(18)15-2/h4-5,10,16H,3,6-9H2,1-2H3,(H,15,18). The minimum atomic E-state index is -3.22. The van der Waals surface area contributed by atoms with Gasteiger partial charge in [-0.3, -0.25) is 9.59 Å². The van der Waals surface area contributed by atoms with Crippen molar-refractivity contribution in [2.45, 2.75) is 25.8 Å².